The van der Waals surface area contributed by atoms with E-state index in [0.29, 0.717) is 36.8 Å². The standard InChI is InChI=1S/C13H17NO4/c1-2-17-13(15)9-3-4-11(14)12(7-9)18-10-5-6-16-8-10/h3-4,7,10H,2,5-6,8,14H2,1H3. The molecular formula is C13H17NO4. The van der Waals surface area contributed by atoms with Crippen molar-refractivity contribution in [3.05, 3.63) is 23.8 Å². The highest BCUT2D eigenvalue weighted by Gasteiger charge is 2.19. The van der Waals surface area contributed by atoms with Crippen molar-refractivity contribution in [2.45, 2.75) is 19.4 Å². The highest BCUT2D eigenvalue weighted by Crippen LogP contribution is 2.26. The average molecular weight is 251 g/mol. The molecule has 1 heterocycles. The number of esters is 1. The van der Waals surface area contributed by atoms with Gasteiger partial charge in [0.2, 0.25) is 0 Å². The Balaban J connectivity index is 2.12. The first kappa shape index (κ1) is 12.7. The van der Waals surface area contributed by atoms with Gasteiger partial charge in [-0.25, -0.2) is 4.79 Å². The molecule has 1 aromatic rings. The summed E-state index contributed by atoms with van der Waals surface area (Å²) in [7, 11) is 0. The molecule has 1 aromatic carbocycles. The smallest absolute Gasteiger partial charge is 0.338 e. The predicted octanol–water partition coefficient (Wildman–Crippen LogP) is 1.61. The number of nitrogen functional groups attached to an aromatic ring is 1. The van der Waals surface area contributed by atoms with Crippen LogP contribution in [0.5, 0.6) is 5.75 Å². The predicted molar refractivity (Wildman–Crippen MR) is 66.7 cm³/mol. The number of benzene rings is 1. The summed E-state index contributed by atoms with van der Waals surface area (Å²) in [5.41, 5.74) is 6.78. The number of hydrogen-bond acceptors (Lipinski definition) is 5. The van der Waals surface area contributed by atoms with Gasteiger partial charge in [-0.2, -0.15) is 0 Å². The van der Waals surface area contributed by atoms with Crippen LogP contribution >= 0.6 is 0 Å². The zero-order valence-corrected chi connectivity index (χ0v) is 10.3. The molecule has 1 aliphatic rings. The van der Waals surface area contributed by atoms with E-state index >= 15 is 0 Å². The van der Waals surface area contributed by atoms with Crippen LogP contribution in [0.25, 0.3) is 0 Å². The van der Waals surface area contributed by atoms with E-state index in [1.165, 1.54) is 0 Å². The maximum Gasteiger partial charge on any atom is 0.338 e. The van der Waals surface area contributed by atoms with Crippen LogP contribution in [0.2, 0.25) is 0 Å². The zero-order chi connectivity index (χ0) is 13.0. The Morgan fingerprint density at radius 1 is 1.56 bits per heavy atom. The highest BCUT2D eigenvalue weighted by molar-refractivity contribution is 5.90. The lowest BCUT2D eigenvalue weighted by Gasteiger charge is -2.14. The Hall–Kier alpha value is -1.75. The number of carbonyl (C=O) groups is 1. The number of rotatable bonds is 4. The minimum absolute atomic E-state index is 0.00439. The van der Waals surface area contributed by atoms with Crippen LogP contribution in [0.15, 0.2) is 18.2 Å². The molecule has 2 rings (SSSR count). The maximum atomic E-state index is 11.6. The molecule has 0 saturated carbocycles. The minimum atomic E-state index is -0.370. The Morgan fingerprint density at radius 2 is 2.39 bits per heavy atom. The van der Waals surface area contributed by atoms with E-state index in [4.69, 9.17) is 19.9 Å². The molecule has 1 fully saturated rings. The summed E-state index contributed by atoms with van der Waals surface area (Å²) >= 11 is 0. The zero-order valence-electron chi connectivity index (χ0n) is 10.3. The van der Waals surface area contributed by atoms with Gasteiger partial charge in [-0.15, -0.1) is 0 Å². The fourth-order valence-electron chi connectivity index (χ4n) is 1.76. The van der Waals surface area contributed by atoms with E-state index in [9.17, 15) is 4.79 Å². The molecule has 0 aliphatic carbocycles. The molecule has 1 saturated heterocycles. The molecule has 1 unspecified atom stereocenters. The van der Waals surface area contributed by atoms with Gasteiger partial charge < -0.3 is 19.9 Å². The largest absolute Gasteiger partial charge is 0.486 e. The van der Waals surface area contributed by atoms with Gasteiger partial charge >= 0.3 is 5.97 Å². The fourth-order valence-corrected chi connectivity index (χ4v) is 1.76. The second-order valence-corrected chi connectivity index (χ2v) is 4.08. The van der Waals surface area contributed by atoms with Gasteiger partial charge in [0.15, 0.2) is 0 Å². The lowest BCUT2D eigenvalue weighted by atomic mass is 10.2. The molecule has 0 amide bonds. The second-order valence-electron chi connectivity index (χ2n) is 4.08. The van der Waals surface area contributed by atoms with Crippen LogP contribution in [0.3, 0.4) is 0 Å². The van der Waals surface area contributed by atoms with Gasteiger partial charge in [0.05, 0.1) is 31.1 Å². The monoisotopic (exact) mass is 251 g/mol. The average Bonchev–Trinajstić information content (AvgIpc) is 2.85. The van der Waals surface area contributed by atoms with Crippen molar-refractivity contribution in [3.63, 3.8) is 0 Å². The number of anilines is 1. The van der Waals surface area contributed by atoms with Crippen molar-refractivity contribution in [3.8, 4) is 5.75 Å². The van der Waals surface area contributed by atoms with Crippen LogP contribution < -0.4 is 10.5 Å². The van der Waals surface area contributed by atoms with E-state index < -0.39 is 0 Å². The summed E-state index contributed by atoms with van der Waals surface area (Å²) < 4.78 is 15.9. The van der Waals surface area contributed by atoms with Crippen molar-refractivity contribution < 1.29 is 19.0 Å². The quantitative estimate of drug-likeness (QED) is 0.650. The first-order valence-electron chi connectivity index (χ1n) is 6.01. The summed E-state index contributed by atoms with van der Waals surface area (Å²) in [6.45, 7) is 3.36. The minimum Gasteiger partial charge on any atom is -0.486 e. The maximum absolute atomic E-state index is 11.6. The third kappa shape index (κ3) is 2.92. The van der Waals surface area contributed by atoms with Gasteiger partial charge in [-0.1, -0.05) is 0 Å². The summed E-state index contributed by atoms with van der Waals surface area (Å²) in [5.74, 6) is 0.140. The van der Waals surface area contributed by atoms with Gasteiger partial charge in [0, 0.05) is 6.42 Å². The first-order chi connectivity index (χ1) is 8.70. The number of hydrogen-bond donors (Lipinski definition) is 1. The Labute approximate surface area is 106 Å². The van der Waals surface area contributed by atoms with Gasteiger partial charge in [-0.05, 0) is 25.1 Å². The number of ether oxygens (including phenoxy) is 3. The molecule has 0 spiro atoms. The molecule has 0 bridgehead atoms. The molecule has 18 heavy (non-hydrogen) atoms. The first-order valence-corrected chi connectivity index (χ1v) is 6.01. The lowest BCUT2D eigenvalue weighted by molar-refractivity contribution is 0.0525. The van der Waals surface area contributed by atoms with Gasteiger partial charge in [0.1, 0.15) is 11.9 Å². The Bertz CT molecular complexity index is 427. The summed E-state index contributed by atoms with van der Waals surface area (Å²) in [6.07, 6.45) is 0.841. The topological polar surface area (TPSA) is 70.8 Å². The van der Waals surface area contributed by atoms with Crippen molar-refractivity contribution in [2.24, 2.45) is 0 Å². The van der Waals surface area contributed by atoms with Crippen molar-refractivity contribution in [1.82, 2.24) is 0 Å². The van der Waals surface area contributed by atoms with Crippen molar-refractivity contribution in [2.75, 3.05) is 25.6 Å². The van der Waals surface area contributed by atoms with E-state index in [-0.39, 0.29) is 12.1 Å². The molecule has 1 atom stereocenters. The summed E-state index contributed by atoms with van der Waals surface area (Å²) in [6, 6.07) is 4.90. The Kier molecular flexibility index (Phi) is 4.04. The van der Waals surface area contributed by atoms with E-state index in [1.807, 2.05) is 0 Å². The molecule has 2 N–H and O–H groups in total. The van der Waals surface area contributed by atoms with E-state index in [1.54, 1.807) is 25.1 Å². The van der Waals surface area contributed by atoms with Gasteiger partial charge in [0.25, 0.3) is 0 Å². The van der Waals surface area contributed by atoms with Crippen LogP contribution in [-0.4, -0.2) is 31.9 Å². The van der Waals surface area contributed by atoms with Crippen LogP contribution in [-0.2, 0) is 9.47 Å². The van der Waals surface area contributed by atoms with Crippen molar-refractivity contribution in [1.29, 1.82) is 0 Å². The normalized spacial score (nSPS) is 18.6. The number of carbonyl (C=O) groups excluding carboxylic acids is 1. The molecule has 0 radical (unpaired) electrons. The Morgan fingerprint density at radius 3 is 3.06 bits per heavy atom. The lowest BCUT2D eigenvalue weighted by Crippen LogP contribution is -2.17. The molecular weight excluding hydrogens is 234 g/mol. The molecule has 1 aliphatic heterocycles. The highest BCUT2D eigenvalue weighted by atomic mass is 16.5. The second kappa shape index (κ2) is 5.73. The summed E-state index contributed by atoms with van der Waals surface area (Å²) in [5, 5.41) is 0. The summed E-state index contributed by atoms with van der Waals surface area (Å²) in [4.78, 5) is 11.6. The third-order valence-corrected chi connectivity index (χ3v) is 2.71. The third-order valence-electron chi connectivity index (χ3n) is 2.71. The molecule has 0 aromatic heterocycles. The fraction of sp³-hybridized carbons (Fsp3) is 0.462. The molecule has 5 nitrogen and oxygen atoms in total. The van der Waals surface area contributed by atoms with Crippen LogP contribution in [0, 0.1) is 0 Å². The number of nitrogens with two attached hydrogens (primary N) is 1. The van der Waals surface area contributed by atoms with Crippen molar-refractivity contribution >= 4 is 11.7 Å². The van der Waals surface area contributed by atoms with Crippen LogP contribution in [0.1, 0.15) is 23.7 Å². The van der Waals surface area contributed by atoms with Gasteiger partial charge in [-0.3, -0.25) is 0 Å². The van der Waals surface area contributed by atoms with E-state index in [0.717, 1.165) is 6.42 Å². The molecule has 5 heteroatoms. The SMILES string of the molecule is CCOC(=O)c1ccc(N)c(OC2CCOC2)c1. The molecule has 98 valence electrons. The van der Waals surface area contributed by atoms with Crippen LogP contribution in [0.4, 0.5) is 5.69 Å². The van der Waals surface area contributed by atoms with E-state index in [2.05, 4.69) is 0 Å².